The number of rotatable bonds is 3. The first-order valence-electron chi connectivity index (χ1n) is 6.02. The van der Waals surface area contributed by atoms with Crippen molar-refractivity contribution < 1.29 is 20.1 Å². The van der Waals surface area contributed by atoms with Gasteiger partial charge in [-0.1, -0.05) is 36.4 Å². The molecule has 0 aliphatic carbocycles. The van der Waals surface area contributed by atoms with Crippen LogP contribution in [-0.2, 0) is 11.3 Å². The van der Waals surface area contributed by atoms with Gasteiger partial charge in [-0.15, -0.1) is 0 Å². The van der Waals surface area contributed by atoms with Gasteiger partial charge in [-0.2, -0.15) is 0 Å². The van der Waals surface area contributed by atoms with E-state index < -0.39 is 18.3 Å². The van der Waals surface area contributed by atoms with E-state index in [2.05, 4.69) is 0 Å². The van der Waals surface area contributed by atoms with Gasteiger partial charge in [-0.05, 0) is 18.1 Å². The first-order valence-corrected chi connectivity index (χ1v) is 6.02. The molecule has 4 atom stereocenters. The molecule has 1 saturated heterocycles. The Morgan fingerprint density at radius 1 is 1.22 bits per heavy atom. The molecule has 1 fully saturated rings. The summed E-state index contributed by atoms with van der Waals surface area (Å²) in [5.74, 6) is 0. The Morgan fingerprint density at radius 2 is 1.94 bits per heavy atom. The molecule has 0 amide bonds. The number of hydrogen-bond acceptors (Lipinski definition) is 4. The topological polar surface area (TPSA) is 69.9 Å². The van der Waals surface area contributed by atoms with Crippen LogP contribution in [0.25, 0.3) is 6.08 Å². The van der Waals surface area contributed by atoms with Crippen molar-refractivity contribution in [1.82, 2.24) is 0 Å². The highest BCUT2D eigenvalue weighted by atomic mass is 16.5. The molecule has 1 aromatic rings. The van der Waals surface area contributed by atoms with Gasteiger partial charge < -0.3 is 20.1 Å². The van der Waals surface area contributed by atoms with Crippen molar-refractivity contribution in [1.29, 1.82) is 0 Å². The minimum Gasteiger partial charge on any atom is -0.392 e. The summed E-state index contributed by atoms with van der Waals surface area (Å²) in [7, 11) is 0. The molecule has 4 nitrogen and oxygen atoms in total. The van der Waals surface area contributed by atoms with Crippen LogP contribution in [0, 0.1) is 0 Å². The van der Waals surface area contributed by atoms with E-state index in [0.29, 0.717) is 0 Å². The van der Waals surface area contributed by atoms with E-state index in [0.717, 1.165) is 11.1 Å². The fourth-order valence-corrected chi connectivity index (χ4v) is 2.08. The van der Waals surface area contributed by atoms with E-state index in [1.807, 2.05) is 24.3 Å². The summed E-state index contributed by atoms with van der Waals surface area (Å²) in [5, 5.41) is 28.5. The number of aliphatic hydroxyl groups is 3. The lowest BCUT2D eigenvalue weighted by Gasteiger charge is -2.10. The fourth-order valence-electron chi connectivity index (χ4n) is 2.08. The Balaban J connectivity index is 2.12. The maximum atomic E-state index is 9.76. The highest BCUT2D eigenvalue weighted by Gasteiger charge is 2.38. The Bertz CT molecular complexity index is 430. The molecule has 98 valence electrons. The maximum Gasteiger partial charge on any atom is 0.112 e. The second kappa shape index (κ2) is 5.63. The molecule has 2 rings (SSSR count). The second-order valence-electron chi connectivity index (χ2n) is 4.50. The number of hydrogen-bond donors (Lipinski definition) is 3. The quantitative estimate of drug-likeness (QED) is 0.738. The molecule has 1 aliphatic heterocycles. The fraction of sp³-hybridized carbons (Fsp3) is 0.429. The van der Waals surface area contributed by atoms with Crippen molar-refractivity contribution >= 4 is 6.08 Å². The zero-order valence-electron chi connectivity index (χ0n) is 10.2. The third-order valence-corrected chi connectivity index (χ3v) is 3.23. The van der Waals surface area contributed by atoms with Crippen molar-refractivity contribution in [3.8, 4) is 0 Å². The average molecular weight is 250 g/mol. The lowest BCUT2D eigenvalue weighted by Crippen LogP contribution is -2.30. The predicted molar refractivity (Wildman–Crippen MR) is 67.7 cm³/mol. The third kappa shape index (κ3) is 2.62. The summed E-state index contributed by atoms with van der Waals surface area (Å²) in [4.78, 5) is 0. The van der Waals surface area contributed by atoms with Crippen LogP contribution in [0.3, 0.4) is 0 Å². The summed E-state index contributed by atoms with van der Waals surface area (Å²) < 4.78 is 5.43. The minimum absolute atomic E-state index is 0.0341. The molecule has 0 radical (unpaired) electrons. The smallest absolute Gasteiger partial charge is 0.112 e. The summed E-state index contributed by atoms with van der Waals surface area (Å²) >= 11 is 0. The van der Waals surface area contributed by atoms with Crippen LogP contribution in [0.5, 0.6) is 0 Å². The summed E-state index contributed by atoms with van der Waals surface area (Å²) in [6, 6.07) is 7.45. The summed E-state index contributed by atoms with van der Waals surface area (Å²) in [6.45, 7) is 1.69. The molecular weight excluding hydrogens is 232 g/mol. The van der Waals surface area contributed by atoms with Gasteiger partial charge in [0.1, 0.15) is 18.3 Å². The number of aliphatic hydroxyl groups excluding tert-OH is 3. The molecule has 0 bridgehead atoms. The molecule has 1 aromatic carbocycles. The molecule has 0 spiro atoms. The second-order valence-corrected chi connectivity index (χ2v) is 4.50. The largest absolute Gasteiger partial charge is 0.392 e. The number of ether oxygens (including phenoxy) is 1. The molecule has 3 N–H and O–H groups in total. The van der Waals surface area contributed by atoms with Gasteiger partial charge in [-0.25, -0.2) is 0 Å². The molecule has 0 saturated carbocycles. The van der Waals surface area contributed by atoms with Crippen molar-refractivity contribution in [2.45, 2.75) is 37.9 Å². The zero-order chi connectivity index (χ0) is 13.1. The van der Waals surface area contributed by atoms with Gasteiger partial charge in [0.05, 0.1) is 12.7 Å². The summed E-state index contributed by atoms with van der Waals surface area (Å²) in [6.07, 6.45) is 0.866. The molecule has 4 heteroatoms. The lowest BCUT2D eigenvalue weighted by atomic mass is 10.0. The third-order valence-electron chi connectivity index (χ3n) is 3.23. The highest BCUT2D eigenvalue weighted by molar-refractivity contribution is 5.54. The first kappa shape index (κ1) is 13.2. The van der Waals surface area contributed by atoms with Crippen LogP contribution in [0.2, 0.25) is 0 Å². The Labute approximate surface area is 106 Å². The van der Waals surface area contributed by atoms with Gasteiger partial charge in [0.25, 0.3) is 0 Å². The van der Waals surface area contributed by atoms with E-state index >= 15 is 0 Å². The molecule has 0 unspecified atom stereocenters. The van der Waals surface area contributed by atoms with Crippen LogP contribution in [-0.4, -0.2) is 39.7 Å². The SMILES string of the molecule is C[C@@H]1O[C@H](/C=C/c2ccccc2CO)[C@H](O)[C@@H]1O. The van der Waals surface area contributed by atoms with Crippen LogP contribution >= 0.6 is 0 Å². The Hall–Kier alpha value is -1.20. The van der Waals surface area contributed by atoms with Crippen molar-refractivity contribution in [3.05, 3.63) is 41.5 Å². The molecule has 18 heavy (non-hydrogen) atoms. The van der Waals surface area contributed by atoms with Crippen molar-refractivity contribution in [3.63, 3.8) is 0 Å². The van der Waals surface area contributed by atoms with E-state index in [1.165, 1.54) is 0 Å². The zero-order valence-corrected chi connectivity index (χ0v) is 10.2. The monoisotopic (exact) mass is 250 g/mol. The maximum absolute atomic E-state index is 9.76. The number of benzene rings is 1. The van der Waals surface area contributed by atoms with Crippen LogP contribution in [0.15, 0.2) is 30.3 Å². The van der Waals surface area contributed by atoms with E-state index in [1.54, 1.807) is 19.1 Å². The summed E-state index contributed by atoms with van der Waals surface area (Å²) in [5.41, 5.74) is 1.69. The average Bonchev–Trinajstić information content (AvgIpc) is 2.64. The molecule has 1 aliphatic rings. The normalized spacial score (nSPS) is 32.2. The van der Waals surface area contributed by atoms with Crippen molar-refractivity contribution in [2.75, 3.05) is 0 Å². The van der Waals surface area contributed by atoms with Gasteiger partial charge in [0.2, 0.25) is 0 Å². The van der Waals surface area contributed by atoms with E-state index in [-0.39, 0.29) is 12.7 Å². The highest BCUT2D eigenvalue weighted by Crippen LogP contribution is 2.23. The standard InChI is InChI=1S/C14H18O4/c1-9-13(16)14(17)12(18-9)7-6-10-4-2-3-5-11(10)8-15/h2-7,9,12-17H,8H2,1H3/b7-6+/t9-,12+,13+,14-/m0/s1. The van der Waals surface area contributed by atoms with Gasteiger partial charge >= 0.3 is 0 Å². The Morgan fingerprint density at radius 3 is 2.56 bits per heavy atom. The lowest BCUT2D eigenvalue weighted by molar-refractivity contribution is 0.0316. The molecular formula is C14H18O4. The van der Waals surface area contributed by atoms with Gasteiger partial charge in [0, 0.05) is 0 Å². The van der Waals surface area contributed by atoms with Crippen LogP contribution in [0.4, 0.5) is 0 Å². The van der Waals surface area contributed by atoms with Crippen LogP contribution < -0.4 is 0 Å². The van der Waals surface area contributed by atoms with Gasteiger partial charge in [-0.3, -0.25) is 0 Å². The minimum atomic E-state index is -0.905. The van der Waals surface area contributed by atoms with Crippen molar-refractivity contribution in [2.24, 2.45) is 0 Å². The van der Waals surface area contributed by atoms with E-state index in [9.17, 15) is 15.3 Å². The van der Waals surface area contributed by atoms with E-state index in [4.69, 9.17) is 4.74 Å². The van der Waals surface area contributed by atoms with Gasteiger partial charge in [0.15, 0.2) is 0 Å². The Kier molecular flexibility index (Phi) is 4.14. The molecule has 0 aromatic heterocycles. The predicted octanol–water partition coefficient (Wildman–Crippen LogP) is 0.701. The van der Waals surface area contributed by atoms with Crippen LogP contribution in [0.1, 0.15) is 18.1 Å². The molecule has 1 heterocycles. The first-order chi connectivity index (χ1) is 8.63.